The SMILES string of the molecule is CCC1(CCCCc2ccc(CCCCC(C)(C)CC(=O)CCNC(=O)CCNC(=O)C(O)C(C)(C)COP(=O)(O)OP(=O)(O)OCC3OC(n4cnc5c(N)ncnc54)C(O)C3OP(=O)(O)O)cc2)CC1. The van der Waals surface area contributed by atoms with Crippen LogP contribution in [-0.2, 0) is 63.5 Å². The average molecular weight is 1080 g/mol. The molecular weight excluding hydrogens is 1000 g/mol. The van der Waals surface area contributed by atoms with Crippen LogP contribution in [0.1, 0.15) is 129 Å². The number of rotatable bonds is 32. The van der Waals surface area contributed by atoms with Gasteiger partial charge in [-0.1, -0.05) is 78.1 Å². The summed E-state index contributed by atoms with van der Waals surface area (Å²) in [4.78, 5) is 89.4. The lowest BCUT2D eigenvalue weighted by atomic mass is 9.81. The Morgan fingerprint density at radius 1 is 0.903 bits per heavy atom. The van der Waals surface area contributed by atoms with Crippen molar-refractivity contribution in [1.29, 1.82) is 0 Å². The van der Waals surface area contributed by atoms with Crippen LogP contribution in [0.15, 0.2) is 36.9 Å². The van der Waals surface area contributed by atoms with E-state index in [1.54, 1.807) is 0 Å². The van der Waals surface area contributed by atoms with Gasteiger partial charge in [-0.3, -0.25) is 32.5 Å². The molecule has 10 N–H and O–H groups in total. The van der Waals surface area contributed by atoms with Gasteiger partial charge in [-0.15, -0.1) is 0 Å². The van der Waals surface area contributed by atoms with Crippen LogP contribution in [0, 0.1) is 16.2 Å². The predicted molar refractivity (Wildman–Crippen MR) is 261 cm³/mol. The van der Waals surface area contributed by atoms with E-state index < -0.39 is 84.6 Å². The zero-order chi connectivity index (χ0) is 53.1. The number of nitrogens with one attached hydrogen (secondary N) is 2. The number of amides is 2. The standard InChI is InChI=1S/C45H72N7O17P3/c1-6-45(21-22-45)20-10-8-12-31-15-13-30(14-16-31)11-7-9-19-43(2,3)25-32(53)17-23-47-34(54)18-24-48-41(57)38(56)44(4,5)27-66-72(63,64)69-71(61,62)65-26-33-37(68-70(58,59)60)36(55)42(67-33)52-29-51-35-39(46)49-28-50-40(35)52/h13-16,28-29,33,36-38,42,55-56H,6-12,17-27H2,1-5H3,(H,47,54)(H,48,57)(H,61,62)(H,63,64)(H2,46,49,50)(H2,58,59,60). The molecule has 1 aliphatic carbocycles. The molecule has 3 heterocycles. The Balaban J connectivity index is 0.951. The van der Waals surface area contributed by atoms with E-state index in [0.717, 1.165) is 49.3 Å². The number of anilines is 1. The van der Waals surface area contributed by atoms with Gasteiger partial charge >= 0.3 is 23.5 Å². The molecule has 2 fully saturated rings. The highest BCUT2D eigenvalue weighted by atomic mass is 31.3. The van der Waals surface area contributed by atoms with E-state index in [4.69, 9.17) is 19.5 Å². The Morgan fingerprint density at radius 2 is 1.53 bits per heavy atom. The maximum atomic E-state index is 12.8. The predicted octanol–water partition coefficient (Wildman–Crippen LogP) is 5.10. The summed E-state index contributed by atoms with van der Waals surface area (Å²) in [5, 5.41) is 26.7. The molecule has 2 aromatic heterocycles. The van der Waals surface area contributed by atoms with Crippen molar-refractivity contribution in [3.05, 3.63) is 48.0 Å². The molecule has 24 nitrogen and oxygen atoms in total. The van der Waals surface area contributed by atoms with Gasteiger partial charge in [-0.25, -0.2) is 28.6 Å². The largest absolute Gasteiger partial charge is 0.481 e. The van der Waals surface area contributed by atoms with Gasteiger partial charge in [-0.2, -0.15) is 4.31 Å². The summed E-state index contributed by atoms with van der Waals surface area (Å²) in [6.45, 7) is 6.85. The number of ether oxygens (including phenoxy) is 1. The first kappa shape index (κ1) is 59.3. The molecule has 3 aromatic rings. The minimum atomic E-state index is -5.59. The van der Waals surface area contributed by atoms with Gasteiger partial charge in [0.25, 0.3) is 0 Å². The number of nitrogens with zero attached hydrogens (tertiary/aromatic N) is 4. The molecule has 1 aliphatic heterocycles. The third-order valence-corrected chi connectivity index (χ3v) is 16.3. The highest BCUT2D eigenvalue weighted by Gasteiger charge is 2.50. The van der Waals surface area contributed by atoms with Crippen molar-refractivity contribution >= 4 is 58.0 Å². The van der Waals surface area contributed by atoms with Crippen LogP contribution >= 0.6 is 23.5 Å². The molecule has 1 saturated carbocycles. The van der Waals surface area contributed by atoms with Gasteiger partial charge < -0.3 is 50.9 Å². The normalized spacial score (nSPS) is 21.2. The third-order valence-electron chi connectivity index (χ3n) is 13.2. The number of fused-ring (bicyclic) bond motifs is 1. The summed E-state index contributed by atoms with van der Waals surface area (Å²) in [6.07, 6.45) is 6.60. The fourth-order valence-electron chi connectivity index (χ4n) is 8.58. The van der Waals surface area contributed by atoms with Crippen molar-refractivity contribution in [3.63, 3.8) is 0 Å². The number of imidazole rings is 1. The summed E-state index contributed by atoms with van der Waals surface area (Å²) in [7, 11) is -16.4. The first-order chi connectivity index (χ1) is 33.6. The summed E-state index contributed by atoms with van der Waals surface area (Å²) in [6, 6.07) is 8.97. The number of phosphoric acid groups is 3. The molecule has 7 unspecified atom stereocenters. The van der Waals surface area contributed by atoms with Gasteiger partial charge in [-0.05, 0) is 73.3 Å². The molecule has 0 bridgehead atoms. The van der Waals surface area contributed by atoms with E-state index in [2.05, 4.69) is 79.5 Å². The van der Waals surface area contributed by atoms with Crippen LogP contribution in [0.5, 0.6) is 0 Å². The number of phosphoric ester groups is 3. The molecule has 72 heavy (non-hydrogen) atoms. The number of aliphatic hydroxyl groups excluding tert-OH is 2. The molecule has 27 heteroatoms. The second kappa shape index (κ2) is 25.3. The Labute approximate surface area is 419 Å². The number of aromatic nitrogens is 4. The lowest BCUT2D eigenvalue weighted by molar-refractivity contribution is -0.137. The van der Waals surface area contributed by atoms with Gasteiger partial charge in [0.05, 0.1) is 19.5 Å². The Hall–Kier alpha value is -3.57. The van der Waals surface area contributed by atoms with E-state index in [1.807, 2.05) is 0 Å². The van der Waals surface area contributed by atoms with E-state index >= 15 is 0 Å². The first-order valence-corrected chi connectivity index (χ1v) is 28.6. The van der Waals surface area contributed by atoms with Crippen LogP contribution in [0.2, 0.25) is 0 Å². The molecule has 5 rings (SSSR count). The molecule has 7 atom stereocenters. The minimum absolute atomic E-state index is 0.0205. The zero-order valence-electron chi connectivity index (χ0n) is 41.5. The molecule has 1 saturated heterocycles. The number of Topliss-reactive ketones (excluding diaryl/α,β-unsaturated/α-hetero) is 1. The molecule has 404 valence electrons. The summed E-state index contributed by atoms with van der Waals surface area (Å²) in [5.41, 5.74) is 7.46. The molecule has 1 aromatic carbocycles. The fraction of sp³-hybridized carbons (Fsp3) is 0.689. The summed E-state index contributed by atoms with van der Waals surface area (Å²) >= 11 is 0. The number of hydrogen-bond donors (Lipinski definition) is 9. The average Bonchev–Trinajstić information content (AvgIpc) is 3.85. The topological polar surface area (TPSA) is 364 Å². The van der Waals surface area contributed by atoms with Gasteiger partial charge in [0.1, 0.15) is 42.0 Å². The molecule has 0 radical (unpaired) electrons. The molecule has 2 aliphatic rings. The number of benzene rings is 1. The second-order valence-corrected chi connectivity index (χ2v) is 24.5. The second-order valence-electron chi connectivity index (χ2n) is 20.3. The Morgan fingerprint density at radius 3 is 2.15 bits per heavy atom. The number of aryl methyl sites for hydroxylation is 2. The van der Waals surface area contributed by atoms with Crippen molar-refractivity contribution in [1.82, 2.24) is 30.2 Å². The quantitative estimate of drug-likeness (QED) is 0.0290. The molecular formula is C45H72N7O17P3. The smallest absolute Gasteiger partial charge is 0.386 e. The number of nitrogen functional groups attached to an aromatic ring is 1. The summed E-state index contributed by atoms with van der Waals surface area (Å²) in [5.74, 6) is -1.45. The minimum Gasteiger partial charge on any atom is -0.386 e. The number of hydrogen-bond acceptors (Lipinski definition) is 17. The number of carbonyl (C=O) groups excluding carboxylic acids is 3. The van der Waals surface area contributed by atoms with Crippen molar-refractivity contribution in [2.75, 3.05) is 32.0 Å². The lowest BCUT2D eigenvalue weighted by Gasteiger charge is -2.30. The maximum absolute atomic E-state index is 12.8. The third kappa shape index (κ3) is 18.4. The van der Waals surface area contributed by atoms with E-state index in [1.165, 1.54) is 63.5 Å². The van der Waals surface area contributed by atoms with Gasteiger partial charge in [0, 0.05) is 37.8 Å². The van der Waals surface area contributed by atoms with Crippen molar-refractivity contribution < 1.29 is 80.5 Å². The maximum Gasteiger partial charge on any atom is 0.481 e. The van der Waals surface area contributed by atoms with Crippen molar-refractivity contribution in [2.24, 2.45) is 16.2 Å². The number of aliphatic hydroxyl groups is 2. The summed E-state index contributed by atoms with van der Waals surface area (Å²) < 4.78 is 62.6. The lowest BCUT2D eigenvalue weighted by Crippen LogP contribution is -2.46. The van der Waals surface area contributed by atoms with E-state index in [-0.39, 0.29) is 54.1 Å². The Kier molecular flexibility index (Phi) is 20.8. The van der Waals surface area contributed by atoms with E-state index in [9.17, 15) is 57.9 Å². The highest BCUT2D eigenvalue weighted by Crippen LogP contribution is 2.61. The first-order valence-electron chi connectivity index (χ1n) is 24.1. The van der Waals surface area contributed by atoms with E-state index in [0.29, 0.717) is 11.8 Å². The zero-order valence-corrected chi connectivity index (χ0v) is 44.1. The van der Waals surface area contributed by atoms with Crippen molar-refractivity contribution in [3.8, 4) is 0 Å². The number of carbonyl (C=O) groups is 3. The fourth-order valence-corrected chi connectivity index (χ4v) is 11.4. The van der Waals surface area contributed by atoms with Gasteiger partial charge in [0.2, 0.25) is 11.8 Å². The van der Waals surface area contributed by atoms with Crippen LogP contribution in [-0.4, -0.2) is 118 Å². The van der Waals surface area contributed by atoms with Crippen LogP contribution < -0.4 is 16.4 Å². The monoisotopic (exact) mass is 1080 g/mol. The Bertz CT molecular complexity index is 2450. The number of ketones is 1. The number of unbranched alkanes of at least 4 members (excludes halogenated alkanes) is 2. The molecule has 2 amide bonds. The van der Waals surface area contributed by atoms with Crippen LogP contribution in [0.25, 0.3) is 11.2 Å². The van der Waals surface area contributed by atoms with Crippen LogP contribution in [0.3, 0.4) is 0 Å². The number of nitrogens with two attached hydrogens (primary N) is 1. The van der Waals surface area contributed by atoms with Crippen molar-refractivity contribution in [2.45, 2.75) is 155 Å². The molecule has 0 spiro atoms. The van der Waals surface area contributed by atoms with Gasteiger partial charge in [0.15, 0.2) is 17.7 Å². The van der Waals surface area contributed by atoms with Crippen LogP contribution in [0.4, 0.5) is 5.82 Å². The highest BCUT2D eigenvalue weighted by molar-refractivity contribution is 7.61.